The molecular weight excluding hydrogens is 210 g/mol. The quantitative estimate of drug-likeness (QED) is 0.633. The molecule has 0 radical (unpaired) electrons. The van der Waals surface area contributed by atoms with E-state index >= 15 is 0 Å². The summed E-state index contributed by atoms with van der Waals surface area (Å²) < 4.78 is 0. The zero-order chi connectivity index (χ0) is 12.7. The van der Waals surface area contributed by atoms with E-state index in [-0.39, 0.29) is 0 Å². The molecule has 1 saturated heterocycles. The minimum atomic E-state index is 0.612. The lowest BCUT2D eigenvalue weighted by Crippen LogP contribution is -2.43. The van der Waals surface area contributed by atoms with E-state index in [1.807, 2.05) is 0 Å². The van der Waals surface area contributed by atoms with E-state index in [4.69, 9.17) is 0 Å². The lowest BCUT2D eigenvalue weighted by molar-refractivity contribution is 0.290. The maximum atomic E-state index is 3.61. The zero-order valence-electron chi connectivity index (χ0n) is 12.1. The highest BCUT2D eigenvalue weighted by Gasteiger charge is 2.20. The first kappa shape index (κ1) is 14.9. The third-order valence-corrected chi connectivity index (χ3v) is 3.96. The van der Waals surface area contributed by atoms with Gasteiger partial charge in [0.2, 0.25) is 0 Å². The van der Waals surface area contributed by atoms with Crippen LogP contribution in [0.1, 0.15) is 40.0 Å². The van der Waals surface area contributed by atoms with Gasteiger partial charge in [-0.3, -0.25) is 0 Å². The molecule has 1 heterocycles. The molecule has 2 N–H and O–H groups in total. The summed E-state index contributed by atoms with van der Waals surface area (Å²) in [6.07, 6.45) is 4.07. The van der Waals surface area contributed by atoms with E-state index in [1.54, 1.807) is 0 Å². The molecule has 0 aromatic rings. The van der Waals surface area contributed by atoms with Gasteiger partial charge in [-0.1, -0.05) is 20.8 Å². The molecule has 17 heavy (non-hydrogen) atoms. The van der Waals surface area contributed by atoms with Crippen molar-refractivity contribution in [2.45, 2.75) is 52.1 Å². The molecule has 3 nitrogen and oxygen atoms in total. The summed E-state index contributed by atoms with van der Waals surface area (Å²) >= 11 is 0. The Labute approximate surface area is 107 Å². The third-order valence-electron chi connectivity index (χ3n) is 3.96. The smallest absolute Gasteiger partial charge is 0.0215 e. The van der Waals surface area contributed by atoms with Crippen molar-refractivity contribution in [1.82, 2.24) is 15.5 Å². The number of rotatable bonds is 8. The van der Waals surface area contributed by atoms with E-state index in [9.17, 15) is 0 Å². The van der Waals surface area contributed by atoms with Gasteiger partial charge in [-0.05, 0) is 51.9 Å². The van der Waals surface area contributed by atoms with Gasteiger partial charge in [0.25, 0.3) is 0 Å². The van der Waals surface area contributed by atoms with Crippen molar-refractivity contribution >= 4 is 0 Å². The predicted molar refractivity (Wildman–Crippen MR) is 75.4 cm³/mol. The van der Waals surface area contributed by atoms with Crippen LogP contribution in [0.2, 0.25) is 0 Å². The summed E-state index contributed by atoms with van der Waals surface area (Å²) in [6.45, 7) is 11.4. The van der Waals surface area contributed by atoms with Crippen LogP contribution in [0.4, 0.5) is 0 Å². The van der Waals surface area contributed by atoms with Crippen LogP contribution in [-0.4, -0.2) is 50.2 Å². The van der Waals surface area contributed by atoms with E-state index in [0.717, 1.165) is 25.7 Å². The Balaban J connectivity index is 2.09. The molecule has 2 atom stereocenters. The first-order chi connectivity index (χ1) is 8.15. The highest BCUT2D eigenvalue weighted by Crippen LogP contribution is 2.16. The Hall–Kier alpha value is -0.120. The fourth-order valence-electron chi connectivity index (χ4n) is 2.68. The van der Waals surface area contributed by atoms with Crippen molar-refractivity contribution in [2.75, 3.05) is 33.2 Å². The van der Waals surface area contributed by atoms with Gasteiger partial charge in [-0.25, -0.2) is 0 Å². The van der Waals surface area contributed by atoms with Crippen LogP contribution in [0, 0.1) is 5.92 Å². The number of hydrogen-bond acceptors (Lipinski definition) is 3. The number of nitrogens with zero attached hydrogens (tertiary/aromatic N) is 1. The van der Waals surface area contributed by atoms with Crippen LogP contribution >= 0.6 is 0 Å². The highest BCUT2D eigenvalue weighted by molar-refractivity contribution is 4.78. The van der Waals surface area contributed by atoms with Crippen LogP contribution in [0.5, 0.6) is 0 Å². The molecule has 1 rings (SSSR count). The van der Waals surface area contributed by atoms with Gasteiger partial charge >= 0.3 is 0 Å². The largest absolute Gasteiger partial charge is 0.315 e. The molecule has 3 heteroatoms. The van der Waals surface area contributed by atoms with Crippen molar-refractivity contribution in [3.8, 4) is 0 Å². The number of nitrogens with one attached hydrogen (secondary N) is 2. The number of likely N-dealkylation sites (N-methyl/N-ethyl adjacent to an activating group) is 1. The molecule has 0 bridgehead atoms. The summed E-state index contributed by atoms with van der Waals surface area (Å²) in [5.41, 5.74) is 0. The van der Waals surface area contributed by atoms with Crippen LogP contribution < -0.4 is 10.6 Å². The van der Waals surface area contributed by atoms with Crippen molar-refractivity contribution in [3.63, 3.8) is 0 Å². The maximum absolute atomic E-state index is 3.61. The van der Waals surface area contributed by atoms with Crippen LogP contribution in [0.15, 0.2) is 0 Å². The number of hydrogen-bond donors (Lipinski definition) is 2. The van der Waals surface area contributed by atoms with Gasteiger partial charge in [-0.15, -0.1) is 0 Å². The second-order valence-electron chi connectivity index (χ2n) is 5.68. The molecule has 0 aliphatic carbocycles. The van der Waals surface area contributed by atoms with Crippen molar-refractivity contribution in [1.29, 1.82) is 0 Å². The van der Waals surface area contributed by atoms with Crippen LogP contribution in [0.25, 0.3) is 0 Å². The minimum absolute atomic E-state index is 0.612. The Morgan fingerprint density at radius 2 is 2.12 bits per heavy atom. The molecule has 0 spiro atoms. The van der Waals surface area contributed by atoms with Crippen LogP contribution in [-0.2, 0) is 0 Å². The molecule has 1 aliphatic heterocycles. The monoisotopic (exact) mass is 241 g/mol. The van der Waals surface area contributed by atoms with E-state index in [1.165, 1.54) is 25.8 Å². The lowest BCUT2D eigenvalue weighted by Gasteiger charge is -2.23. The fraction of sp³-hybridized carbons (Fsp3) is 1.00. The van der Waals surface area contributed by atoms with Crippen molar-refractivity contribution in [2.24, 2.45) is 5.92 Å². The second-order valence-corrected chi connectivity index (χ2v) is 5.68. The van der Waals surface area contributed by atoms with E-state index in [0.29, 0.717) is 12.0 Å². The van der Waals surface area contributed by atoms with Gasteiger partial charge in [0.1, 0.15) is 0 Å². The molecular formula is C14H31N3. The van der Waals surface area contributed by atoms with Gasteiger partial charge in [-0.2, -0.15) is 0 Å². The molecule has 0 aromatic carbocycles. The Morgan fingerprint density at radius 3 is 2.65 bits per heavy atom. The number of likely N-dealkylation sites (tertiary alicyclic amines) is 1. The standard InChI is InChI=1S/C14H31N3/c1-5-16-14(12(2)3)11-15-9-8-13-7-6-10-17(13)4/h12-16H,5-11H2,1-4H3/t13?,14-/m0/s1. The molecule has 102 valence electrons. The summed E-state index contributed by atoms with van der Waals surface area (Å²) in [5.74, 6) is 0.705. The average molecular weight is 241 g/mol. The molecule has 0 saturated carbocycles. The topological polar surface area (TPSA) is 27.3 Å². The molecule has 0 aromatic heterocycles. The minimum Gasteiger partial charge on any atom is -0.315 e. The maximum Gasteiger partial charge on any atom is 0.0215 e. The summed E-state index contributed by atoms with van der Waals surface area (Å²) in [4.78, 5) is 2.51. The Bertz CT molecular complexity index is 194. The van der Waals surface area contributed by atoms with Gasteiger partial charge in [0.05, 0.1) is 0 Å². The lowest BCUT2D eigenvalue weighted by atomic mass is 10.0. The van der Waals surface area contributed by atoms with Gasteiger partial charge in [0.15, 0.2) is 0 Å². The van der Waals surface area contributed by atoms with Crippen molar-refractivity contribution in [3.05, 3.63) is 0 Å². The summed E-state index contributed by atoms with van der Waals surface area (Å²) in [7, 11) is 2.26. The predicted octanol–water partition coefficient (Wildman–Crippen LogP) is 1.69. The molecule has 1 aliphatic rings. The Kier molecular flexibility index (Phi) is 7.09. The summed E-state index contributed by atoms with van der Waals surface area (Å²) in [5, 5.41) is 7.16. The summed E-state index contributed by atoms with van der Waals surface area (Å²) in [6, 6.07) is 1.43. The first-order valence-corrected chi connectivity index (χ1v) is 7.29. The molecule has 1 fully saturated rings. The molecule has 0 amide bonds. The van der Waals surface area contributed by atoms with E-state index in [2.05, 4.69) is 43.4 Å². The SMILES string of the molecule is CCN[C@@H](CNCCC1CCCN1C)C(C)C. The second kappa shape index (κ2) is 8.06. The highest BCUT2D eigenvalue weighted by atomic mass is 15.1. The zero-order valence-corrected chi connectivity index (χ0v) is 12.1. The Morgan fingerprint density at radius 1 is 1.35 bits per heavy atom. The van der Waals surface area contributed by atoms with Crippen LogP contribution in [0.3, 0.4) is 0 Å². The van der Waals surface area contributed by atoms with E-state index < -0.39 is 0 Å². The fourth-order valence-corrected chi connectivity index (χ4v) is 2.68. The van der Waals surface area contributed by atoms with Crippen molar-refractivity contribution < 1.29 is 0 Å². The normalized spacial score (nSPS) is 23.5. The van der Waals surface area contributed by atoms with Gasteiger partial charge in [0, 0.05) is 18.6 Å². The molecule has 1 unspecified atom stereocenters. The van der Waals surface area contributed by atoms with Gasteiger partial charge < -0.3 is 15.5 Å². The third kappa shape index (κ3) is 5.36. The first-order valence-electron chi connectivity index (χ1n) is 7.29. The average Bonchev–Trinajstić information content (AvgIpc) is 2.68.